The molecule has 0 aliphatic heterocycles. The first-order chi connectivity index (χ1) is 15.2. The summed E-state index contributed by atoms with van der Waals surface area (Å²) in [5.41, 5.74) is 0. The first-order valence-corrected chi connectivity index (χ1v) is 12.9. The van der Waals surface area contributed by atoms with Gasteiger partial charge in [0.05, 0.1) is 0 Å². The molecular formula is C24H31F5O2Si. The fraction of sp³-hybridized carbons (Fsp3) is 0.500. The standard InChI is InChI=1S/C24H31F5O2Si/c1-2-3-4-5-6-7-14-19-30-32(21-15-10-8-11-16-21,22-17-12-9-13-18-22)31-20-23(25,26)24(27,28)29/h8-13,15-18H,2-7,14,19-20H2,1H3. The van der Waals surface area contributed by atoms with Gasteiger partial charge in [0, 0.05) is 6.61 Å². The van der Waals surface area contributed by atoms with Crippen molar-refractivity contribution in [1.82, 2.24) is 0 Å². The summed E-state index contributed by atoms with van der Waals surface area (Å²) >= 11 is 0. The molecule has 0 fully saturated rings. The van der Waals surface area contributed by atoms with E-state index in [1.165, 1.54) is 12.8 Å². The second-order valence-corrected chi connectivity index (χ2v) is 10.8. The first-order valence-electron chi connectivity index (χ1n) is 11.1. The van der Waals surface area contributed by atoms with E-state index in [4.69, 9.17) is 8.85 Å². The summed E-state index contributed by atoms with van der Waals surface area (Å²) in [6, 6.07) is 16.9. The lowest BCUT2D eigenvalue weighted by atomic mass is 10.1. The lowest BCUT2D eigenvalue weighted by Crippen LogP contribution is -2.65. The minimum Gasteiger partial charge on any atom is -0.388 e. The third-order valence-corrected chi connectivity index (χ3v) is 8.58. The van der Waals surface area contributed by atoms with Gasteiger partial charge in [0.1, 0.15) is 6.61 Å². The molecule has 0 atom stereocenters. The highest BCUT2D eigenvalue weighted by Crippen LogP contribution is 2.36. The zero-order valence-electron chi connectivity index (χ0n) is 18.3. The highest BCUT2D eigenvalue weighted by molar-refractivity contribution is 6.92. The van der Waals surface area contributed by atoms with Gasteiger partial charge in [0.2, 0.25) is 0 Å². The van der Waals surface area contributed by atoms with Crippen molar-refractivity contribution < 1.29 is 30.8 Å². The summed E-state index contributed by atoms with van der Waals surface area (Å²) in [6.45, 7) is 0.582. The Morgan fingerprint density at radius 1 is 0.656 bits per heavy atom. The zero-order valence-corrected chi connectivity index (χ0v) is 19.3. The fourth-order valence-electron chi connectivity index (χ4n) is 3.41. The summed E-state index contributed by atoms with van der Waals surface area (Å²) in [7, 11) is -3.80. The largest absolute Gasteiger partial charge is 0.455 e. The molecule has 2 rings (SSSR count). The summed E-state index contributed by atoms with van der Waals surface area (Å²) in [4.78, 5) is 0. The number of unbranched alkanes of at least 4 members (excludes halogenated alkanes) is 6. The van der Waals surface area contributed by atoms with Crippen molar-refractivity contribution in [2.24, 2.45) is 0 Å². The molecule has 0 aliphatic carbocycles. The summed E-state index contributed by atoms with van der Waals surface area (Å²) < 4.78 is 77.8. The van der Waals surface area contributed by atoms with E-state index < -0.39 is 27.3 Å². The Morgan fingerprint density at radius 2 is 1.12 bits per heavy atom. The number of hydrogen-bond donors (Lipinski definition) is 0. The van der Waals surface area contributed by atoms with Gasteiger partial charge in [-0.15, -0.1) is 0 Å². The van der Waals surface area contributed by atoms with Crippen LogP contribution in [-0.4, -0.2) is 33.9 Å². The van der Waals surface area contributed by atoms with Crippen molar-refractivity contribution in [3.8, 4) is 0 Å². The van der Waals surface area contributed by atoms with Crippen LogP contribution in [0.2, 0.25) is 0 Å². The predicted molar refractivity (Wildman–Crippen MR) is 119 cm³/mol. The summed E-state index contributed by atoms with van der Waals surface area (Å²) in [6.07, 6.45) is 1.54. The molecule has 178 valence electrons. The van der Waals surface area contributed by atoms with E-state index in [2.05, 4.69) is 6.92 Å². The lowest BCUT2D eigenvalue weighted by Gasteiger charge is -2.33. The molecule has 0 aromatic heterocycles. The molecule has 2 nitrogen and oxygen atoms in total. The zero-order chi connectivity index (χ0) is 23.5. The minimum atomic E-state index is -5.70. The number of rotatable bonds is 14. The molecule has 0 amide bonds. The molecule has 0 heterocycles. The van der Waals surface area contributed by atoms with Gasteiger partial charge >= 0.3 is 20.7 Å². The molecule has 0 saturated heterocycles. The van der Waals surface area contributed by atoms with Gasteiger partial charge < -0.3 is 8.85 Å². The first kappa shape index (κ1) is 26.5. The van der Waals surface area contributed by atoms with Crippen LogP contribution < -0.4 is 10.4 Å². The van der Waals surface area contributed by atoms with Crippen molar-refractivity contribution in [1.29, 1.82) is 0 Å². The average molecular weight is 475 g/mol. The maximum Gasteiger partial charge on any atom is 0.455 e. The van der Waals surface area contributed by atoms with Crippen molar-refractivity contribution in [3.05, 3.63) is 60.7 Å². The van der Waals surface area contributed by atoms with E-state index in [0.717, 1.165) is 25.7 Å². The molecule has 0 saturated carbocycles. The highest BCUT2D eigenvalue weighted by Gasteiger charge is 2.59. The molecule has 0 radical (unpaired) electrons. The second-order valence-electron chi connectivity index (χ2n) is 7.81. The second kappa shape index (κ2) is 12.5. The van der Waals surface area contributed by atoms with Crippen molar-refractivity contribution in [2.75, 3.05) is 13.2 Å². The average Bonchev–Trinajstić information content (AvgIpc) is 2.78. The Hall–Kier alpha value is -1.77. The van der Waals surface area contributed by atoms with E-state index in [1.54, 1.807) is 60.7 Å². The summed E-state index contributed by atoms with van der Waals surface area (Å²) in [5, 5.41) is 0.985. The quantitative estimate of drug-likeness (QED) is 0.184. The topological polar surface area (TPSA) is 18.5 Å². The Balaban J connectivity index is 2.23. The maximum absolute atomic E-state index is 13.8. The fourth-order valence-corrected chi connectivity index (χ4v) is 6.57. The smallest absolute Gasteiger partial charge is 0.388 e. The normalized spacial score (nSPS) is 12.8. The van der Waals surface area contributed by atoms with E-state index in [0.29, 0.717) is 16.8 Å². The number of halogens is 5. The van der Waals surface area contributed by atoms with E-state index >= 15 is 0 Å². The van der Waals surface area contributed by atoms with E-state index in [-0.39, 0.29) is 6.61 Å². The SMILES string of the molecule is CCCCCCCCCO[Si](OCC(F)(F)C(F)(F)F)(c1ccccc1)c1ccccc1. The van der Waals surface area contributed by atoms with Crippen LogP contribution in [0.25, 0.3) is 0 Å². The molecule has 0 spiro atoms. The Kier molecular flexibility index (Phi) is 10.3. The molecular weight excluding hydrogens is 443 g/mol. The van der Waals surface area contributed by atoms with Crippen molar-refractivity contribution in [3.63, 3.8) is 0 Å². The van der Waals surface area contributed by atoms with E-state index in [1.807, 2.05) is 0 Å². The van der Waals surface area contributed by atoms with E-state index in [9.17, 15) is 22.0 Å². The van der Waals surface area contributed by atoms with Gasteiger partial charge in [-0.2, -0.15) is 22.0 Å². The van der Waals surface area contributed by atoms with Gasteiger partial charge in [-0.1, -0.05) is 106 Å². The molecule has 2 aromatic carbocycles. The molecule has 8 heteroatoms. The molecule has 0 N–H and O–H groups in total. The number of alkyl halides is 5. The van der Waals surface area contributed by atoms with Crippen LogP contribution in [0.15, 0.2) is 60.7 Å². The van der Waals surface area contributed by atoms with Gasteiger partial charge in [0.25, 0.3) is 0 Å². The Labute approximate surface area is 188 Å². The van der Waals surface area contributed by atoms with Crippen molar-refractivity contribution in [2.45, 2.75) is 64.0 Å². The number of benzene rings is 2. The third kappa shape index (κ3) is 7.39. The predicted octanol–water partition coefficient (Wildman–Crippen LogP) is 6.22. The molecule has 2 aromatic rings. The number of hydrogen-bond acceptors (Lipinski definition) is 2. The van der Waals surface area contributed by atoms with Crippen LogP contribution in [-0.2, 0) is 8.85 Å². The van der Waals surface area contributed by atoms with Crippen molar-refractivity contribution >= 4 is 18.9 Å². The molecule has 0 unspecified atom stereocenters. The van der Waals surface area contributed by atoms with Crippen LogP contribution >= 0.6 is 0 Å². The maximum atomic E-state index is 13.8. The third-order valence-electron chi connectivity index (χ3n) is 5.23. The lowest BCUT2D eigenvalue weighted by molar-refractivity contribution is -0.291. The van der Waals surface area contributed by atoms with Gasteiger partial charge in [-0.25, -0.2) is 0 Å². The van der Waals surface area contributed by atoms with Gasteiger partial charge in [0.15, 0.2) is 0 Å². The minimum absolute atomic E-state index is 0.224. The summed E-state index contributed by atoms with van der Waals surface area (Å²) in [5.74, 6) is -4.97. The monoisotopic (exact) mass is 474 g/mol. The van der Waals surface area contributed by atoms with Gasteiger partial charge in [-0.3, -0.25) is 0 Å². The molecule has 0 aliphatic rings. The molecule has 0 bridgehead atoms. The Bertz CT molecular complexity index is 729. The van der Waals surface area contributed by atoms with Crippen LogP contribution in [0.1, 0.15) is 51.9 Å². The molecule has 32 heavy (non-hydrogen) atoms. The van der Waals surface area contributed by atoms with Crippen LogP contribution in [0, 0.1) is 0 Å². The van der Waals surface area contributed by atoms with Gasteiger partial charge in [-0.05, 0) is 16.8 Å². The Morgan fingerprint density at radius 3 is 1.59 bits per heavy atom. The van der Waals surface area contributed by atoms with Crippen LogP contribution in [0.5, 0.6) is 0 Å². The van der Waals surface area contributed by atoms with Crippen LogP contribution in [0.4, 0.5) is 22.0 Å². The van der Waals surface area contributed by atoms with Crippen LogP contribution in [0.3, 0.4) is 0 Å². The highest BCUT2D eigenvalue weighted by atomic mass is 28.4.